The van der Waals surface area contributed by atoms with Gasteiger partial charge in [-0.2, -0.15) is 0 Å². The Morgan fingerprint density at radius 3 is 2.52 bits per heavy atom. The molecule has 0 aromatic heterocycles. The van der Waals surface area contributed by atoms with Crippen LogP contribution in [0, 0.1) is 0 Å². The molecule has 0 bridgehead atoms. The average molecular weight is 340 g/mol. The van der Waals surface area contributed by atoms with Crippen molar-refractivity contribution in [3.63, 3.8) is 0 Å². The summed E-state index contributed by atoms with van der Waals surface area (Å²) in [5.74, 6) is 1.19. The highest BCUT2D eigenvalue weighted by Crippen LogP contribution is 2.31. The zero-order chi connectivity index (χ0) is 16.7. The molecule has 1 saturated heterocycles. The van der Waals surface area contributed by atoms with Gasteiger partial charge in [-0.05, 0) is 56.5 Å². The van der Waals surface area contributed by atoms with Crippen molar-refractivity contribution in [1.29, 1.82) is 0 Å². The molecule has 1 aliphatic heterocycles. The maximum Gasteiger partial charge on any atom is 0.147 e. The van der Waals surface area contributed by atoms with Crippen LogP contribution >= 0.6 is 0 Å². The fourth-order valence-corrected chi connectivity index (χ4v) is 4.05. The highest BCUT2D eigenvalue weighted by molar-refractivity contribution is 7.90. The first-order chi connectivity index (χ1) is 11.0. The largest absolute Gasteiger partial charge is 0.497 e. The minimum atomic E-state index is -2.84. The normalized spacial score (nSPS) is 20.2. The minimum absolute atomic E-state index is 0.300. The summed E-state index contributed by atoms with van der Waals surface area (Å²) in [6.07, 6.45) is 7.98. The smallest absolute Gasteiger partial charge is 0.147 e. The molecule has 0 N–H and O–H groups in total. The Hall–Kier alpha value is -1.07. The maximum atomic E-state index is 11.3. The van der Waals surface area contributed by atoms with E-state index in [1.807, 2.05) is 12.1 Å². The molecule has 0 radical (unpaired) electrons. The Kier molecular flexibility index (Phi) is 6.90. The SMILES string of the molecule is COc1ccc(C2CCCCCN2CCCCS(C)(=O)=O)cc1. The van der Waals surface area contributed by atoms with E-state index in [2.05, 4.69) is 17.0 Å². The number of methoxy groups -OCH3 is 1. The molecule has 1 fully saturated rings. The first-order valence-corrected chi connectivity index (χ1v) is 10.6. The molecule has 0 saturated carbocycles. The molecular weight excluding hydrogens is 310 g/mol. The fraction of sp³-hybridized carbons (Fsp3) is 0.667. The fourth-order valence-electron chi connectivity index (χ4n) is 3.32. The Bertz CT molecular complexity index is 568. The van der Waals surface area contributed by atoms with Gasteiger partial charge in [0.1, 0.15) is 15.6 Å². The molecule has 1 aromatic carbocycles. The first kappa shape index (κ1) is 18.3. The molecule has 4 nitrogen and oxygen atoms in total. The topological polar surface area (TPSA) is 46.6 Å². The number of hydrogen-bond donors (Lipinski definition) is 0. The lowest BCUT2D eigenvalue weighted by molar-refractivity contribution is 0.198. The number of ether oxygens (including phenoxy) is 1. The number of likely N-dealkylation sites (tertiary alicyclic amines) is 1. The average Bonchev–Trinajstić information content (AvgIpc) is 2.76. The molecule has 130 valence electrons. The van der Waals surface area contributed by atoms with E-state index in [-0.39, 0.29) is 0 Å². The van der Waals surface area contributed by atoms with Crippen molar-refractivity contribution in [2.75, 3.05) is 32.2 Å². The van der Waals surface area contributed by atoms with Gasteiger partial charge >= 0.3 is 0 Å². The van der Waals surface area contributed by atoms with Crippen LogP contribution in [-0.4, -0.2) is 45.5 Å². The third kappa shape index (κ3) is 6.15. The van der Waals surface area contributed by atoms with Gasteiger partial charge in [0.25, 0.3) is 0 Å². The van der Waals surface area contributed by atoms with Crippen molar-refractivity contribution < 1.29 is 13.2 Å². The third-order valence-electron chi connectivity index (χ3n) is 4.57. The van der Waals surface area contributed by atoms with E-state index in [1.165, 1.54) is 37.5 Å². The van der Waals surface area contributed by atoms with E-state index >= 15 is 0 Å². The lowest BCUT2D eigenvalue weighted by Gasteiger charge is -2.30. The molecule has 1 aromatic rings. The maximum absolute atomic E-state index is 11.3. The highest BCUT2D eigenvalue weighted by Gasteiger charge is 2.22. The van der Waals surface area contributed by atoms with Crippen molar-refractivity contribution >= 4 is 9.84 Å². The zero-order valence-corrected chi connectivity index (χ0v) is 15.1. The molecule has 1 aliphatic rings. The van der Waals surface area contributed by atoms with Crippen LogP contribution in [-0.2, 0) is 9.84 Å². The van der Waals surface area contributed by atoms with Crippen molar-refractivity contribution in [1.82, 2.24) is 4.90 Å². The minimum Gasteiger partial charge on any atom is -0.497 e. The molecular formula is C18H29NO3S. The zero-order valence-electron chi connectivity index (χ0n) is 14.3. The van der Waals surface area contributed by atoms with Gasteiger partial charge in [0.2, 0.25) is 0 Å². The summed E-state index contributed by atoms with van der Waals surface area (Å²) in [5.41, 5.74) is 1.34. The molecule has 0 amide bonds. The Balaban J connectivity index is 1.98. The summed E-state index contributed by atoms with van der Waals surface area (Å²) in [6, 6.07) is 8.84. The van der Waals surface area contributed by atoms with Crippen LogP contribution in [0.3, 0.4) is 0 Å². The van der Waals surface area contributed by atoms with Gasteiger partial charge < -0.3 is 4.74 Å². The van der Waals surface area contributed by atoms with E-state index in [0.717, 1.165) is 31.7 Å². The van der Waals surface area contributed by atoms with E-state index in [1.54, 1.807) is 7.11 Å². The number of nitrogens with zero attached hydrogens (tertiary/aromatic N) is 1. The van der Waals surface area contributed by atoms with Crippen LogP contribution in [0.4, 0.5) is 0 Å². The van der Waals surface area contributed by atoms with Gasteiger partial charge in [0.15, 0.2) is 0 Å². The highest BCUT2D eigenvalue weighted by atomic mass is 32.2. The summed E-state index contributed by atoms with van der Waals surface area (Å²) >= 11 is 0. The van der Waals surface area contributed by atoms with E-state index < -0.39 is 9.84 Å². The van der Waals surface area contributed by atoms with E-state index in [0.29, 0.717) is 11.8 Å². The summed E-state index contributed by atoms with van der Waals surface area (Å²) < 4.78 is 27.8. The van der Waals surface area contributed by atoms with Crippen molar-refractivity contribution in [3.8, 4) is 5.75 Å². The lowest BCUT2D eigenvalue weighted by atomic mass is 10.0. The van der Waals surface area contributed by atoms with Gasteiger partial charge in [-0.1, -0.05) is 25.0 Å². The number of rotatable bonds is 7. The summed E-state index contributed by atoms with van der Waals surface area (Å²) in [6.45, 7) is 2.09. The van der Waals surface area contributed by atoms with Crippen LogP contribution < -0.4 is 4.74 Å². The molecule has 1 unspecified atom stereocenters. The van der Waals surface area contributed by atoms with Crippen LogP contribution in [0.1, 0.15) is 50.1 Å². The summed E-state index contributed by atoms with van der Waals surface area (Å²) in [5, 5.41) is 0. The predicted molar refractivity (Wildman–Crippen MR) is 94.7 cm³/mol. The molecule has 2 rings (SSSR count). The van der Waals surface area contributed by atoms with Crippen LogP contribution in [0.2, 0.25) is 0 Å². The second kappa shape index (κ2) is 8.69. The van der Waals surface area contributed by atoms with Gasteiger partial charge in [-0.3, -0.25) is 4.90 Å². The summed E-state index contributed by atoms with van der Waals surface area (Å²) in [7, 11) is -1.15. The monoisotopic (exact) mass is 339 g/mol. The Morgan fingerprint density at radius 1 is 1.13 bits per heavy atom. The molecule has 5 heteroatoms. The summed E-state index contributed by atoms with van der Waals surface area (Å²) in [4.78, 5) is 2.54. The quantitative estimate of drug-likeness (QED) is 0.714. The third-order valence-corrected chi connectivity index (χ3v) is 5.60. The van der Waals surface area contributed by atoms with Crippen molar-refractivity contribution in [2.45, 2.75) is 44.6 Å². The second-order valence-corrected chi connectivity index (χ2v) is 8.77. The molecule has 1 atom stereocenters. The Morgan fingerprint density at radius 2 is 1.87 bits per heavy atom. The molecule has 1 heterocycles. The van der Waals surface area contributed by atoms with E-state index in [9.17, 15) is 8.42 Å². The van der Waals surface area contributed by atoms with E-state index in [4.69, 9.17) is 4.74 Å². The number of sulfone groups is 1. The molecule has 23 heavy (non-hydrogen) atoms. The molecule has 0 spiro atoms. The van der Waals surface area contributed by atoms with Gasteiger partial charge in [0.05, 0.1) is 7.11 Å². The second-order valence-electron chi connectivity index (χ2n) is 6.51. The van der Waals surface area contributed by atoms with Crippen LogP contribution in [0.25, 0.3) is 0 Å². The molecule has 0 aliphatic carbocycles. The first-order valence-electron chi connectivity index (χ1n) is 8.55. The standard InChI is InChI=1S/C18H29NO3S/c1-22-17-11-9-16(10-12-17)18-8-4-3-5-13-19(18)14-6-7-15-23(2,20)21/h9-12,18H,3-8,13-15H2,1-2H3. The van der Waals surface area contributed by atoms with Gasteiger partial charge in [-0.25, -0.2) is 8.42 Å². The predicted octanol–water partition coefficient (Wildman–Crippen LogP) is 3.44. The number of benzene rings is 1. The number of hydrogen-bond acceptors (Lipinski definition) is 4. The van der Waals surface area contributed by atoms with Crippen molar-refractivity contribution in [3.05, 3.63) is 29.8 Å². The van der Waals surface area contributed by atoms with Crippen molar-refractivity contribution in [2.24, 2.45) is 0 Å². The van der Waals surface area contributed by atoms with Crippen LogP contribution in [0.5, 0.6) is 5.75 Å². The van der Waals surface area contributed by atoms with Crippen LogP contribution in [0.15, 0.2) is 24.3 Å². The van der Waals surface area contributed by atoms with Gasteiger partial charge in [-0.15, -0.1) is 0 Å². The Labute approximate surface area is 140 Å². The lowest BCUT2D eigenvalue weighted by Crippen LogP contribution is -2.30. The number of unbranched alkanes of at least 4 members (excludes halogenated alkanes) is 1. The van der Waals surface area contributed by atoms with Gasteiger partial charge in [0, 0.05) is 18.1 Å².